The highest BCUT2D eigenvalue weighted by atomic mass is 16.3. The average Bonchev–Trinajstić information content (AvgIpc) is 2.18. The highest BCUT2D eigenvalue weighted by molar-refractivity contribution is 4.72. The van der Waals surface area contributed by atoms with Crippen molar-refractivity contribution in [2.45, 2.75) is 64.9 Å². The van der Waals surface area contributed by atoms with Crippen LogP contribution in [0.15, 0.2) is 0 Å². The van der Waals surface area contributed by atoms with Crippen LogP contribution in [0.4, 0.5) is 0 Å². The maximum Gasteiger partial charge on any atom is 0.0568 e. The van der Waals surface area contributed by atoms with Gasteiger partial charge in [0.25, 0.3) is 0 Å². The van der Waals surface area contributed by atoms with Gasteiger partial charge >= 0.3 is 0 Å². The lowest BCUT2D eigenvalue weighted by Crippen LogP contribution is -2.22. The molecule has 1 rings (SSSR count). The van der Waals surface area contributed by atoms with Crippen molar-refractivity contribution in [1.29, 1.82) is 0 Å². The number of hydrogen-bond acceptors (Lipinski definition) is 1. The SMILES string of the molecule is CCC(C)C(O)CC1CCCCC1. The van der Waals surface area contributed by atoms with Gasteiger partial charge in [-0.1, -0.05) is 52.4 Å². The molecule has 13 heavy (non-hydrogen) atoms. The zero-order valence-electron chi connectivity index (χ0n) is 9.13. The third-order valence-corrected chi connectivity index (χ3v) is 3.60. The van der Waals surface area contributed by atoms with Gasteiger partial charge in [0.15, 0.2) is 0 Å². The first kappa shape index (κ1) is 11.0. The molecule has 0 radical (unpaired) electrons. The summed E-state index contributed by atoms with van der Waals surface area (Å²) < 4.78 is 0. The molecule has 2 unspecified atom stereocenters. The summed E-state index contributed by atoms with van der Waals surface area (Å²) in [5, 5.41) is 9.87. The van der Waals surface area contributed by atoms with Gasteiger partial charge in [-0.3, -0.25) is 0 Å². The van der Waals surface area contributed by atoms with Crippen molar-refractivity contribution in [1.82, 2.24) is 0 Å². The number of aliphatic hydroxyl groups is 1. The van der Waals surface area contributed by atoms with Crippen LogP contribution in [0.3, 0.4) is 0 Å². The molecule has 0 aromatic carbocycles. The Morgan fingerprint density at radius 3 is 2.38 bits per heavy atom. The molecule has 1 fully saturated rings. The van der Waals surface area contributed by atoms with E-state index in [4.69, 9.17) is 0 Å². The molecule has 0 bridgehead atoms. The smallest absolute Gasteiger partial charge is 0.0568 e. The van der Waals surface area contributed by atoms with E-state index in [-0.39, 0.29) is 6.10 Å². The van der Waals surface area contributed by atoms with Crippen molar-refractivity contribution < 1.29 is 5.11 Å². The summed E-state index contributed by atoms with van der Waals surface area (Å²) in [7, 11) is 0. The predicted molar refractivity (Wildman–Crippen MR) is 56.7 cm³/mol. The first-order valence-electron chi connectivity index (χ1n) is 5.92. The summed E-state index contributed by atoms with van der Waals surface area (Å²) in [5.74, 6) is 1.31. The van der Waals surface area contributed by atoms with E-state index in [2.05, 4.69) is 13.8 Å². The molecule has 0 saturated heterocycles. The van der Waals surface area contributed by atoms with E-state index in [1.54, 1.807) is 0 Å². The fourth-order valence-corrected chi connectivity index (χ4v) is 2.27. The Bertz CT molecular complexity index is 127. The molecule has 0 aromatic heterocycles. The minimum Gasteiger partial charge on any atom is -0.393 e. The highest BCUT2D eigenvalue weighted by Gasteiger charge is 2.20. The van der Waals surface area contributed by atoms with E-state index in [1.807, 2.05) is 0 Å². The summed E-state index contributed by atoms with van der Waals surface area (Å²) >= 11 is 0. The summed E-state index contributed by atoms with van der Waals surface area (Å²) in [6.45, 7) is 4.32. The van der Waals surface area contributed by atoms with Crippen molar-refractivity contribution in [3.63, 3.8) is 0 Å². The van der Waals surface area contributed by atoms with E-state index in [0.717, 1.165) is 18.8 Å². The molecule has 1 nitrogen and oxygen atoms in total. The van der Waals surface area contributed by atoms with Crippen LogP contribution in [-0.4, -0.2) is 11.2 Å². The van der Waals surface area contributed by atoms with Crippen LogP contribution in [-0.2, 0) is 0 Å². The van der Waals surface area contributed by atoms with Gasteiger partial charge in [-0.15, -0.1) is 0 Å². The Morgan fingerprint density at radius 1 is 1.23 bits per heavy atom. The van der Waals surface area contributed by atoms with Crippen molar-refractivity contribution in [2.75, 3.05) is 0 Å². The van der Waals surface area contributed by atoms with E-state index < -0.39 is 0 Å². The molecular weight excluding hydrogens is 160 g/mol. The Hall–Kier alpha value is -0.0400. The first-order valence-corrected chi connectivity index (χ1v) is 5.92. The Kier molecular flexibility index (Phi) is 4.79. The molecule has 0 amide bonds. The summed E-state index contributed by atoms with van der Waals surface area (Å²) in [6.07, 6.45) is 9.00. The van der Waals surface area contributed by atoms with Crippen molar-refractivity contribution >= 4 is 0 Å². The number of hydrogen-bond donors (Lipinski definition) is 1. The van der Waals surface area contributed by atoms with Crippen LogP contribution >= 0.6 is 0 Å². The van der Waals surface area contributed by atoms with Gasteiger partial charge in [0.1, 0.15) is 0 Å². The van der Waals surface area contributed by atoms with Crippen molar-refractivity contribution in [3.05, 3.63) is 0 Å². The second kappa shape index (κ2) is 5.64. The molecule has 0 aliphatic heterocycles. The zero-order chi connectivity index (χ0) is 9.68. The van der Waals surface area contributed by atoms with E-state index in [0.29, 0.717) is 5.92 Å². The summed E-state index contributed by atoms with van der Waals surface area (Å²) in [6, 6.07) is 0. The number of aliphatic hydroxyl groups excluding tert-OH is 1. The van der Waals surface area contributed by atoms with Crippen molar-refractivity contribution in [2.24, 2.45) is 11.8 Å². The molecule has 0 spiro atoms. The maximum atomic E-state index is 9.87. The van der Waals surface area contributed by atoms with Gasteiger partial charge in [-0.2, -0.15) is 0 Å². The Labute approximate surface area is 82.5 Å². The maximum absolute atomic E-state index is 9.87. The third kappa shape index (κ3) is 3.68. The molecule has 1 N–H and O–H groups in total. The van der Waals surface area contributed by atoms with Crippen LogP contribution in [0.1, 0.15) is 58.8 Å². The second-order valence-corrected chi connectivity index (χ2v) is 4.69. The molecule has 1 aliphatic rings. The standard InChI is InChI=1S/C12H24O/c1-3-10(2)12(13)9-11-7-5-4-6-8-11/h10-13H,3-9H2,1-2H3. The van der Waals surface area contributed by atoms with Crippen LogP contribution in [0.25, 0.3) is 0 Å². The molecule has 1 aliphatic carbocycles. The second-order valence-electron chi connectivity index (χ2n) is 4.69. The monoisotopic (exact) mass is 184 g/mol. The van der Waals surface area contributed by atoms with Crippen LogP contribution in [0, 0.1) is 11.8 Å². The van der Waals surface area contributed by atoms with Crippen LogP contribution < -0.4 is 0 Å². The minimum absolute atomic E-state index is 0.0481. The average molecular weight is 184 g/mol. The summed E-state index contributed by atoms with van der Waals surface area (Å²) in [4.78, 5) is 0. The van der Waals surface area contributed by atoms with Gasteiger partial charge < -0.3 is 5.11 Å². The zero-order valence-corrected chi connectivity index (χ0v) is 9.13. The Morgan fingerprint density at radius 2 is 1.85 bits per heavy atom. The van der Waals surface area contributed by atoms with Gasteiger partial charge in [0.2, 0.25) is 0 Å². The molecular formula is C12H24O. The normalized spacial score (nSPS) is 24.2. The fourth-order valence-electron chi connectivity index (χ4n) is 2.27. The first-order chi connectivity index (χ1) is 6.24. The topological polar surface area (TPSA) is 20.2 Å². The van der Waals surface area contributed by atoms with Crippen LogP contribution in [0.5, 0.6) is 0 Å². The lowest BCUT2D eigenvalue weighted by Gasteiger charge is -2.26. The molecule has 0 aromatic rings. The van der Waals surface area contributed by atoms with Crippen molar-refractivity contribution in [3.8, 4) is 0 Å². The van der Waals surface area contributed by atoms with Gasteiger partial charge in [-0.25, -0.2) is 0 Å². The molecule has 0 heterocycles. The number of rotatable bonds is 4. The predicted octanol–water partition coefficient (Wildman–Crippen LogP) is 3.36. The minimum atomic E-state index is -0.0481. The van der Waals surface area contributed by atoms with Gasteiger partial charge in [-0.05, 0) is 18.3 Å². The third-order valence-electron chi connectivity index (χ3n) is 3.60. The molecule has 2 atom stereocenters. The summed E-state index contributed by atoms with van der Waals surface area (Å²) in [5.41, 5.74) is 0. The van der Waals surface area contributed by atoms with E-state index >= 15 is 0 Å². The molecule has 1 heteroatoms. The lowest BCUT2D eigenvalue weighted by molar-refractivity contribution is 0.0798. The van der Waals surface area contributed by atoms with E-state index in [9.17, 15) is 5.11 Å². The quantitative estimate of drug-likeness (QED) is 0.710. The Balaban J connectivity index is 2.21. The van der Waals surface area contributed by atoms with Gasteiger partial charge in [0.05, 0.1) is 6.10 Å². The fraction of sp³-hybridized carbons (Fsp3) is 1.00. The van der Waals surface area contributed by atoms with E-state index in [1.165, 1.54) is 32.1 Å². The van der Waals surface area contributed by atoms with Crippen LogP contribution in [0.2, 0.25) is 0 Å². The highest BCUT2D eigenvalue weighted by Crippen LogP contribution is 2.29. The molecule has 1 saturated carbocycles. The van der Waals surface area contributed by atoms with Gasteiger partial charge in [0, 0.05) is 0 Å². The molecule has 78 valence electrons. The largest absolute Gasteiger partial charge is 0.393 e. The lowest BCUT2D eigenvalue weighted by atomic mass is 9.83.